The van der Waals surface area contributed by atoms with Crippen LogP contribution in [-0.4, -0.2) is 19.9 Å². The van der Waals surface area contributed by atoms with Gasteiger partial charge in [0.2, 0.25) is 0 Å². The maximum atomic E-state index is 10.5. The van der Waals surface area contributed by atoms with Crippen molar-refractivity contribution in [3.05, 3.63) is 12.2 Å². The van der Waals surface area contributed by atoms with E-state index in [1.165, 1.54) is 19.3 Å². The monoisotopic (exact) mass is 251 g/mol. The number of rotatable bonds is 5. The van der Waals surface area contributed by atoms with Crippen LogP contribution in [0, 0.1) is 11.8 Å². The van der Waals surface area contributed by atoms with Crippen LogP contribution in [0.3, 0.4) is 0 Å². The Hall–Kier alpha value is -0.900. The van der Waals surface area contributed by atoms with Gasteiger partial charge in [-0.2, -0.15) is 5.10 Å². The zero-order chi connectivity index (χ0) is 13.0. The van der Waals surface area contributed by atoms with Gasteiger partial charge in [-0.3, -0.25) is 0 Å². The SMILES string of the molecule is CCCn1ncnc1C(O)C1CCCC(CC)C1. The van der Waals surface area contributed by atoms with Crippen LogP contribution in [0.4, 0.5) is 0 Å². The van der Waals surface area contributed by atoms with Crippen LogP contribution in [0.5, 0.6) is 0 Å². The van der Waals surface area contributed by atoms with Crippen LogP contribution in [0.2, 0.25) is 0 Å². The van der Waals surface area contributed by atoms with Crippen molar-refractivity contribution in [1.29, 1.82) is 0 Å². The lowest BCUT2D eigenvalue weighted by Gasteiger charge is -2.31. The van der Waals surface area contributed by atoms with Crippen molar-refractivity contribution in [3.8, 4) is 0 Å². The molecule has 4 nitrogen and oxygen atoms in total. The van der Waals surface area contributed by atoms with Crippen molar-refractivity contribution in [2.45, 2.75) is 65.0 Å². The minimum atomic E-state index is -0.437. The van der Waals surface area contributed by atoms with Gasteiger partial charge in [0.15, 0.2) is 5.82 Å². The molecule has 1 aliphatic rings. The highest BCUT2D eigenvalue weighted by atomic mass is 16.3. The number of aromatic nitrogens is 3. The summed E-state index contributed by atoms with van der Waals surface area (Å²) in [6, 6.07) is 0. The number of hydrogen-bond acceptors (Lipinski definition) is 3. The average Bonchev–Trinajstić information content (AvgIpc) is 2.86. The lowest BCUT2D eigenvalue weighted by atomic mass is 9.77. The molecule has 0 saturated heterocycles. The lowest BCUT2D eigenvalue weighted by molar-refractivity contribution is 0.0572. The summed E-state index contributed by atoms with van der Waals surface area (Å²) < 4.78 is 1.86. The van der Waals surface area contributed by atoms with E-state index in [1.807, 2.05) is 4.68 Å². The Labute approximate surface area is 109 Å². The molecule has 1 aromatic heterocycles. The molecule has 1 aliphatic carbocycles. The summed E-state index contributed by atoms with van der Waals surface area (Å²) >= 11 is 0. The maximum Gasteiger partial charge on any atom is 0.156 e. The van der Waals surface area contributed by atoms with Crippen LogP contribution in [-0.2, 0) is 6.54 Å². The lowest BCUT2D eigenvalue weighted by Crippen LogP contribution is -2.24. The second kappa shape index (κ2) is 6.32. The van der Waals surface area contributed by atoms with Gasteiger partial charge in [-0.1, -0.05) is 33.1 Å². The minimum Gasteiger partial charge on any atom is -0.385 e. The predicted molar refractivity (Wildman–Crippen MR) is 71.0 cm³/mol. The molecular formula is C14H25N3O. The highest BCUT2D eigenvalue weighted by Crippen LogP contribution is 2.37. The molecule has 0 aromatic carbocycles. The van der Waals surface area contributed by atoms with Crippen LogP contribution in [0.1, 0.15) is 64.3 Å². The topological polar surface area (TPSA) is 50.9 Å². The van der Waals surface area contributed by atoms with E-state index in [0.717, 1.165) is 37.5 Å². The molecule has 4 heteroatoms. The van der Waals surface area contributed by atoms with Crippen molar-refractivity contribution in [2.75, 3.05) is 0 Å². The Morgan fingerprint density at radius 3 is 3.00 bits per heavy atom. The summed E-state index contributed by atoms with van der Waals surface area (Å²) in [7, 11) is 0. The van der Waals surface area contributed by atoms with E-state index < -0.39 is 6.10 Å². The average molecular weight is 251 g/mol. The van der Waals surface area contributed by atoms with Gasteiger partial charge in [0, 0.05) is 6.54 Å². The van der Waals surface area contributed by atoms with Gasteiger partial charge in [-0.15, -0.1) is 0 Å². The van der Waals surface area contributed by atoms with Crippen molar-refractivity contribution >= 4 is 0 Å². The Morgan fingerprint density at radius 2 is 2.28 bits per heavy atom. The summed E-state index contributed by atoms with van der Waals surface area (Å²) in [6.07, 6.45) is 8.19. The first-order chi connectivity index (χ1) is 8.76. The number of nitrogens with zero attached hydrogens (tertiary/aromatic N) is 3. The highest BCUT2D eigenvalue weighted by molar-refractivity contribution is 4.94. The summed E-state index contributed by atoms with van der Waals surface area (Å²) in [5, 5.41) is 14.7. The molecule has 1 aromatic rings. The molecule has 3 unspecified atom stereocenters. The third-order valence-corrected chi connectivity index (χ3v) is 4.19. The van der Waals surface area contributed by atoms with Gasteiger partial charge in [-0.25, -0.2) is 9.67 Å². The molecule has 1 N–H and O–H groups in total. The van der Waals surface area contributed by atoms with Gasteiger partial charge in [0.25, 0.3) is 0 Å². The summed E-state index contributed by atoms with van der Waals surface area (Å²) in [6.45, 7) is 5.21. The van der Waals surface area contributed by atoms with E-state index in [2.05, 4.69) is 23.9 Å². The Bertz CT molecular complexity index is 364. The highest BCUT2D eigenvalue weighted by Gasteiger charge is 2.30. The van der Waals surface area contributed by atoms with Crippen LogP contribution < -0.4 is 0 Å². The normalized spacial score (nSPS) is 26.2. The zero-order valence-electron chi connectivity index (χ0n) is 11.5. The van der Waals surface area contributed by atoms with Crippen molar-refractivity contribution in [3.63, 3.8) is 0 Å². The predicted octanol–water partition coefficient (Wildman–Crippen LogP) is 2.94. The third-order valence-electron chi connectivity index (χ3n) is 4.19. The number of aliphatic hydroxyl groups is 1. The molecule has 102 valence electrons. The maximum absolute atomic E-state index is 10.5. The fourth-order valence-corrected chi connectivity index (χ4v) is 3.09. The summed E-state index contributed by atoms with van der Waals surface area (Å²) in [5.41, 5.74) is 0. The summed E-state index contributed by atoms with van der Waals surface area (Å²) in [5.74, 6) is 1.91. The first kappa shape index (κ1) is 13.5. The fourth-order valence-electron chi connectivity index (χ4n) is 3.09. The summed E-state index contributed by atoms with van der Waals surface area (Å²) in [4.78, 5) is 4.26. The molecule has 1 saturated carbocycles. The van der Waals surface area contributed by atoms with E-state index in [9.17, 15) is 5.11 Å². The molecule has 0 amide bonds. The fraction of sp³-hybridized carbons (Fsp3) is 0.857. The van der Waals surface area contributed by atoms with E-state index in [1.54, 1.807) is 6.33 Å². The quantitative estimate of drug-likeness (QED) is 0.875. The standard InChI is InChI=1S/C14H25N3O/c1-3-8-17-14(15-10-16-17)13(18)12-7-5-6-11(4-2)9-12/h10-13,18H,3-9H2,1-2H3. The second-order valence-electron chi connectivity index (χ2n) is 5.49. The van der Waals surface area contributed by atoms with Gasteiger partial charge >= 0.3 is 0 Å². The molecule has 18 heavy (non-hydrogen) atoms. The smallest absolute Gasteiger partial charge is 0.156 e. The van der Waals surface area contributed by atoms with E-state index in [4.69, 9.17) is 0 Å². The molecule has 1 heterocycles. The van der Waals surface area contributed by atoms with E-state index in [0.29, 0.717) is 5.92 Å². The Balaban J connectivity index is 2.05. The van der Waals surface area contributed by atoms with Crippen molar-refractivity contribution < 1.29 is 5.11 Å². The largest absolute Gasteiger partial charge is 0.385 e. The Kier molecular flexibility index (Phi) is 4.75. The van der Waals surface area contributed by atoms with Gasteiger partial charge in [-0.05, 0) is 31.1 Å². The van der Waals surface area contributed by atoms with Crippen LogP contribution in [0.25, 0.3) is 0 Å². The Morgan fingerprint density at radius 1 is 1.44 bits per heavy atom. The molecular weight excluding hydrogens is 226 g/mol. The van der Waals surface area contributed by atoms with Gasteiger partial charge in [0.05, 0.1) is 0 Å². The third kappa shape index (κ3) is 2.91. The molecule has 2 rings (SSSR count). The molecule has 0 bridgehead atoms. The zero-order valence-corrected chi connectivity index (χ0v) is 11.5. The number of aryl methyl sites for hydroxylation is 1. The molecule has 1 fully saturated rings. The minimum absolute atomic E-state index is 0.364. The van der Waals surface area contributed by atoms with Gasteiger partial charge in [0.1, 0.15) is 12.4 Å². The molecule has 0 spiro atoms. The van der Waals surface area contributed by atoms with Crippen LogP contribution >= 0.6 is 0 Å². The molecule has 0 radical (unpaired) electrons. The van der Waals surface area contributed by atoms with Crippen molar-refractivity contribution in [1.82, 2.24) is 14.8 Å². The number of aliphatic hydroxyl groups excluding tert-OH is 1. The second-order valence-corrected chi connectivity index (χ2v) is 5.49. The van der Waals surface area contributed by atoms with Crippen molar-refractivity contribution in [2.24, 2.45) is 11.8 Å². The number of hydrogen-bond donors (Lipinski definition) is 1. The molecule has 0 aliphatic heterocycles. The van der Waals surface area contributed by atoms with E-state index in [-0.39, 0.29) is 0 Å². The van der Waals surface area contributed by atoms with Crippen LogP contribution in [0.15, 0.2) is 6.33 Å². The first-order valence-corrected chi connectivity index (χ1v) is 7.32. The van der Waals surface area contributed by atoms with Gasteiger partial charge < -0.3 is 5.11 Å². The first-order valence-electron chi connectivity index (χ1n) is 7.32. The molecule has 3 atom stereocenters. The van der Waals surface area contributed by atoms with E-state index >= 15 is 0 Å².